The van der Waals surface area contributed by atoms with E-state index < -0.39 is 0 Å². The number of aromatic nitrogens is 1. The number of hydrogen-bond donors (Lipinski definition) is 2. The highest BCUT2D eigenvalue weighted by molar-refractivity contribution is 7.10. The summed E-state index contributed by atoms with van der Waals surface area (Å²) in [6.45, 7) is 7.50. The first-order valence-electron chi connectivity index (χ1n) is 9.33. The summed E-state index contributed by atoms with van der Waals surface area (Å²) >= 11 is 3.42. The van der Waals surface area contributed by atoms with E-state index in [4.69, 9.17) is 9.73 Å². The Morgan fingerprint density at radius 2 is 2.00 bits per heavy atom. The first kappa shape index (κ1) is 20.4. The highest BCUT2D eigenvalue weighted by Gasteiger charge is 2.05. The lowest BCUT2D eigenvalue weighted by Gasteiger charge is -2.14. The van der Waals surface area contributed by atoms with Crippen LogP contribution < -0.4 is 15.4 Å². The number of benzene rings is 1. The zero-order chi connectivity index (χ0) is 19.8. The summed E-state index contributed by atoms with van der Waals surface area (Å²) in [6.07, 6.45) is 1.14. The number of anilines is 1. The standard InChI is InChI=1S/C21H26N4OS2/c1-15(2)26-18-8-6-17(7-9-18)25-21(22-11-10-19-5-4-12-27-19)23-13-20-16(3)24-14-28-20/h4-9,12,14-15H,10-11,13H2,1-3H3,(H2,22,23,25). The van der Waals surface area contributed by atoms with E-state index >= 15 is 0 Å². The molecule has 0 saturated carbocycles. The Morgan fingerprint density at radius 1 is 1.18 bits per heavy atom. The van der Waals surface area contributed by atoms with Gasteiger partial charge in [0.05, 0.1) is 23.9 Å². The fourth-order valence-corrected chi connectivity index (χ4v) is 3.96. The quantitative estimate of drug-likeness (QED) is 0.398. The number of rotatable bonds is 8. The second kappa shape index (κ2) is 10.2. The number of nitrogens with one attached hydrogen (secondary N) is 2. The number of hydrogen-bond acceptors (Lipinski definition) is 5. The van der Waals surface area contributed by atoms with Crippen LogP contribution in [0.5, 0.6) is 5.75 Å². The predicted molar refractivity (Wildman–Crippen MR) is 120 cm³/mol. The van der Waals surface area contributed by atoms with Crippen LogP contribution in [0.2, 0.25) is 0 Å². The predicted octanol–water partition coefficient (Wildman–Crippen LogP) is 5.10. The second-order valence-electron chi connectivity index (χ2n) is 6.60. The number of aliphatic imine (C=N–C) groups is 1. The van der Waals surface area contributed by atoms with Crippen LogP contribution in [-0.2, 0) is 13.0 Å². The van der Waals surface area contributed by atoms with Crippen LogP contribution >= 0.6 is 22.7 Å². The van der Waals surface area contributed by atoms with Crippen LogP contribution in [0.1, 0.15) is 29.3 Å². The van der Waals surface area contributed by atoms with Gasteiger partial charge in [-0.1, -0.05) is 6.07 Å². The van der Waals surface area contributed by atoms with Gasteiger partial charge in [-0.25, -0.2) is 9.98 Å². The number of aryl methyl sites for hydroxylation is 1. The Kier molecular flexibility index (Phi) is 7.45. The number of thiazole rings is 1. The molecule has 0 aliphatic rings. The molecule has 0 aliphatic heterocycles. The van der Waals surface area contributed by atoms with Gasteiger partial charge in [0.2, 0.25) is 0 Å². The molecule has 2 heterocycles. The van der Waals surface area contributed by atoms with Crippen molar-refractivity contribution >= 4 is 34.3 Å². The maximum atomic E-state index is 5.71. The fraction of sp³-hybridized carbons (Fsp3) is 0.333. The molecule has 148 valence electrons. The molecule has 0 aliphatic carbocycles. The first-order valence-corrected chi connectivity index (χ1v) is 11.1. The lowest BCUT2D eigenvalue weighted by molar-refractivity contribution is 0.242. The number of thiophene rings is 1. The normalized spacial score (nSPS) is 11.6. The number of guanidine groups is 1. The van der Waals surface area contributed by atoms with Gasteiger partial charge in [-0.05, 0) is 62.9 Å². The van der Waals surface area contributed by atoms with Crippen molar-refractivity contribution in [3.8, 4) is 5.75 Å². The molecule has 7 heteroatoms. The molecule has 0 atom stereocenters. The van der Waals surface area contributed by atoms with Gasteiger partial charge in [0.1, 0.15) is 5.75 Å². The zero-order valence-electron chi connectivity index (χ0n) is 16.4. The van der Waals surface area contributed by atoms with Crippen LogP contribution in [0, 0.1) is 6.92 Å². The Labute approximate surface area is 174 Å². The maximum absolute atomic E-state index is 5.71. The first-order chi connectivity index (χ1) is 13.6. The Bertz CT molecular complexity index is 870. The Morgan fingerprint density at radius 3 is 2.64 bits per heavy atom. The second-order valence-corrected chi connectivity index (χ2v) is 8.57. The number of ether oxygens (including phenoxy) is 1. The van der Waals surface area contributed by atoms with E-state index in [2.05, 4.69) is 33.1 Å². The summed E-state index contributed by atoms with van der Waals surface area (Å²) < 4.78 is 5.71. The minimum atomic E-state index is 0.164. The van der Waals surface area contributed by atoms with E-state index in [9.17, 15) is 0 Å². The molecule has 5 nitrogen and oxygen atoms in total. The van der Waals surface area contributed by atoms with E-state index in [0.29, 0.717) is 6.54 Å². The van der Waals surface area contributed by atoms with Crippen molar-refractivity contribution in [1.29, 1.82) is 0 Å². The fourth-order valence-electron chi connectivity index (χ4n) is 2.55. The van der Waals surface area contributed by atoms with Gasteiger partial charge in [-0.2, -0.15) is 0 Å². The van der Waals surface area contributed by atoms with Crippen molar-refractivity contribution in [2.24, 2.45) is 4.99 Å². The molecule has 2 aromatic heterocycles. The van der Waals surface area contributed by atoms with Gasteiger partial charge in [0.15, 0.2) is 5.96 Å². The van der Waals surface area contributed by atoms with E-state index in [1.54, 1.807) is 22.7 Å². The number of nitrogens with zero attached hydrogens (tertiary/aromatic N) is 2. The molecule has 0 radical (unpaired) electrons. The molecular formula is C21H26N4OS2. The van der Waals surface area contributed by atoms with E-state index in [1.807, 2.05) is 50.5 Å². The molecular weight excluding hydrogens is 388 g/mol. The van der Waals surface area contributed by atoms with Crippen molar-refractivity contribution in [1.82, 2.24) is 10.3 Å². The van der Waals surface area contributed by atoms with Gasteiger partial charge < -0.3 is 15.4 Å². The van der Waals surface area contributed by atoms with Crippen molar-refractivity contribution in [3.05, 3.63) is 62.7 Å². The summed E-state index contributed by atoms with van der Waals surface area (Å²) in [5.74, 6) is 1.63. The highest BCUT2D eigenvalue weighted by atomic mass is 32.1. The summed E-state index contributed by atoms with van der Waals surface area (Å²) in [4.78, 5) is 11.6. The Hall–Kier alpha value is -2.38. The molecule has 0 bridgehead atoms. The molecule has 0 amide bonds. The summed E-state index contributed by atoms with van der Waals surface area (Å²) in [5.41, 5.74) is 3.88. The van der Waals surface area contributed by atoms with Gasteiger partial charge in [0.25, 0.3) is 0 Å². The van der Waals surface area contributed by atoms with Crippen LogP contribution in [-0.4, -0.2) is 23.6 Å². The Balaban J connectivity index is 1.64. The third kappa shape index (κ3) is 6.35. The van der Waals surface area contributed by atoms with Crippen LogP contribution in [0.4, 0.5) is 5.69 Å². The van der Waals surface area contributed by atoms with Gasteiger partial charge in [0, 0.05) is 22.0 Å². The van der Waals surface area contributed by atoms with Crippen molar-refractivity contribution in [2.75, 3.05) is 11.9 Å². The largest absolute Gasteiger partial charge is 0.491 e. The van der Waals surface area contributed by atoms with Crippen molar-refractivity contribution in [2.45, 2.75) is 39.8 Å². The third-order valence-corrected chi connectivity index (χ3v) is 5.81. The lowest BCUT2D eigenvalue weighted by Crippen LogP contribution is -2.32. The molecule has 0 saturated heterocycles. The molecule has 2 N–H and O–H groups in total. The van der Waals surface area contributed by atoms with E-state index in [0.717, 1.165) is 36.1 Å². The zero-order valence-corrected chi connectivity index (χ0v) is 18.1. The van der Waals surface area contributed by atoms with Crippen LogP contribution in [0.3, 0.4) is 0 Å². The molecule has 0 unspecified atom stereocenters. The lowest BCUT2D eigenvalue weighted by atomic mass is 10.3. The molecule has 0 spiro atoms. The van der Waals surface area contributed by atoms with Crippen LogP contribution in [0.25, 0.3) is 0 Å². The average Bonchev–Trinajstić information content (AvgIpc) is 3.32. The third-order valence-electron chi connectivity index (χ3n) is 3.96. The van der Waals surface area contributed by atoms with Crippen molar-refractivity contribution in [3.63, 3.8) is 0 Å². The van der Waals surface area contributed by atoms with E-state index in [1.165, 1.54) is 9.75 Å². The van der Waals surface area contributed by atoms with Gasteiger partial charge >= 0.3 is 0 Å². The van der Waals surface area contributed by atoms with Gasteiger partial charge in [-0.15, -0.1) is 22.7 Å². The topological polar surface area (TPSA) is 58.5 Å². The molecule has 0 fully saturated rings. The summed E-state index contributed by atoms with van der Waals surface area (Å²) in [5, 5.41) is 8.93. The maximum Gasteiger partial charge on any atom is 0.196 e. The molecule has 28 heavy (non-hydrogen) atoms. The molecule has 1 aromatic carbocycles. The molecule has 3 aromatic rings. The minimum Gasteiger partial charge on any atom is -0.491 e. The summed E-state index contributed by atoms with van der Waals surface area (Å²) in [7, 11) is 0. The minimum absolute atomic E-state index is 0.164. The summed E-state index contributed by atoms with van der Waals surface area (Å²) in [6, 6.07) is 12.2. The monoisotopic (exact) mass is 414 g/mol. The van der Waals surface area contributed by atoms with Gasteiger partial charge in [-0.3, -0.25) is 0 Å². The highest BCUT2D eigenvalue weighted by Crippen LogP contribution is 2.17. The van der Waals surface area contributed by atoms with Crippen LogP contribution in [0.15, 0.2) is 52.3 Å². The van der Waals surface area contributed by atoms with Crippen molar-refractivity contribution < 1.29 is 4.74 Å². The SMILES string of the molecule is Cc1ncsc1CN=C(NCCc1cccs1)Nc1ccc(OC(C)C)cc1. The van der Waals surface area contributed by atoms with E-state index in [-0.39, 0.29) is 6.10 Å². The molecule has 3 rings (SSSR count). The smallest absolute Gasteiger partial charge is 0.196 e. The average molecular weight is 415 g/mol.